The Balaban J connectivity index is 0.000000640. The molecule has 0 aliphatic heterocycles. The average Bonchev–Trinajstić information content (AvgIpc) is 1.64. The molecule has 0 atom stereocenters. The summed E-state index contributed by atoms with van der Waals surface area (Å²) in [6.45, 7) is 0. The molecular formula is C3H2Cl3N3. The van der Waals surface area contributed by atoms with E-state index in [0.717, 1.165) is 0 Å². The molecule has 0 N–H and O–H groups in total. The van der Waals surface area contributed by atoms with E-state index < -0.39 is 0 Å². The minimum Gasteiger partial charge on any atom is -0.206 e. The van der Waals surface area contributed by atoms with Crippen LogP contribution in [0.2, 0.25) is 10.6 Å². The molecule has 1 heterocycles. The largest absolute Gasteiger partial charge is 0.226 e. The van der Waals surface area contributed by atoms with Crippen molar-refractivity contribution in [2.75, 3.05) is 0 Å². The highest BCUT2D eigenvalue weighted by Gasteiger charge is 1.89. The minimum absolute atomic E-state index is 0. The topological polar surface area (TPSA) is 38.7 Å². The Hall–Kier alpha value is -0.120. The standard InChI is InChI=1S/C3HCl2N3.ClH/c4-2-6-1-7-3(5)8-2;/h1H;1H. The van der Waals surface area contributed by atoms with Gasteiger partial charge in [-0.25, -0.2) is 9.97 Å². The van der Waals surface area contributed by atoms with Crippen molar-refractivity contribution in [2.24, 2.45) is 0 Å². The lowest BCUT2D eigenvalue weighted by atomic mass is 11.1. The van der Waals surface area contributed by atoms with Crippen LogP contribution in [0.5, 0.6) is 0 Å². The first kappa shape index (κ1) is 8.88. The van der Waals surface area contributed by atoms with Crippen LogP contribution in [0.4, 0.5) is 0 Å². The van der Waals surface area contributed by atoms with Crippen LogP contribution in [0.15, 0.2) is 6.33 Å². The van der Waals surface area contributed by atoms with Crippen LogP contribution in [0, 0.1) is 0 Å². The van der Waals surface area contributed by atoms with Gasteiger partial charge in [-0.1, -0.05) is 0 Å². The molecule has 9 heavy (non-hydrogen) atoms. The van der Waals surface area contributed by atoms with Gasteiger partial charge >= 0.3 is 0 Å². The Labute approximate surface area is 67.8 Å². The predicted molar refractivity (Wildman–Crippen MR) is 37.1 cm³/mol. The Kier molecular flexibility index (Phi) is 3.77. The van der Waals surface area contributed by atoms with E-state index in [-0.39, 0.29) is 23.0 Å². The van der Waals surface area contributed by atoms with Crippen molar-refractivity contribution in [2.45, 2.75) is 0 Å². The number of aromatic nitrogens is 3. The van der Waals surface area contributed by atoms with E-state index in [0.29, 0.717) is 0 Å². The molecule has 1 aromatic rings. The first-order chi connectivity index (χ1) is 3.79. The second kappa shape index (κ2) is 3.82. The molecule has 0 unspecified atom stereocenters. The van der Waals surface area contributed by atoms with Crippen molar-refractivity contribution in [1.82, 2.24) is 15.0 Å². The Morgan fingerprint density at radius 3 is 1.78 bits per heavy atom. The molecule has 0 spiro atoms. The second-order valence-electron chi connectivity index (χ2n) is 1.02. The van der Waals surface area contributed by atoms with E-state index in [1.807, 2.05) is 0 Å². The number of halogens is 3. The van der Waals surface area contributed by atoms with Gasteiger partial charge in [0.2, 0.25) is 10.6 Å². The van der Waals surface area contributed by atoms with Crippen LogP contribution in [0.3, 0.4) is 0 Å². The van der Waals surface area contributed by atoms with Crippen LogP contribution >= 0.6 is 35.6 Å². The first-order valence-corrected chi connectivity index (χ1v) is 2.54. The maximum atomic E-state index is 5.30. The molecule has 1 rings (SSSR count). The maximum Gasteiger partial charge on any atom is 0.226 e. The number of hydrogen-bond acceptors (Lipinski definition) is 3. The fraction of sp³-hybridized carbons (Fsp3) is 0. The monoisotopic (exact) mass is 185 g/mol. The van der Waals surface area contributed by atoms with Gasteiger partial charge in [0.25, 0.3) is 0 Å². The van der Waals surface area contributed by atoms with Gasteiger partial charge in [0, 0.05) is 0 Å². The van der Waals surface area contributed by atoms with Gasteiger partial charge in [0.1, 0.15) is 6.33 Å². The molecule has 0 aliphatic rings. The number of rotatable bonds is 0. The van der Waals surface area contributed by atoms with Crippen molar-refractivity contribution in [1.29, 1.82) is 0 Å². The summed E-state index contributed by atoms with van der Waals surface area (Å²) in [4.78, 5) is 10.5. The number of hydrogen-bond donors (Lipinski definition) is 0. The summed E-state index contributed by atoms with van der Waals surface area (Å²) in [6.07, 6.45) is 1.25. The zero-order valence-electron chi connectivity index (χ0n) is 4.08. The normalized spacial score (nSPS) is 8.22. The molecule has 0 aliphatic carbocycles. The SMILES string of the molecule is Cl.Clc1ncnc(Cl)n1. The fourth-order valence-electron chi connectivity index (χ4n) is 0.258. The molecule has 0 fully saturated rings. The minimum atomic E-state index is 0. The van der Waals surface area contributed by atoms with Gasteiger partial charge in [-0.15, -0.1) is 12.4 Å². The molecule has 0 saturated heterocycles. The number of nitrogens with zero attached hydrogens (tertiary/aromatic N) is 3. The van der Waals surface area contributed by atoms with Crippen molar-refractivity contribution in [3.8, 4) is 0 Å². The van der Waals surface area contributed by atoms with Gasteiger partial charge in [0.05, 0.1) is 0 Å². The molecule has 6 heteroatoms. The zero-order valence-corrected chi connectivity index (χ0v) is 6.41. The Morgan fingerprint density at radius 1 is 1.11 bits per heavy atom. The summed E-state index contributed by atoms with van der Waals surface area (Å²) in [5, 5.41) is 0.231. The maximum absolute atomic E-state index is 5.30. The Morgan fingerprint density at radius 2 is 1.56 bits per heavy atom. The summed E-state index contributed by atoms with van der Waals surface area (Å²) in [7, 11) is 0. The van der Waals surface area contributed by atoms with Gasteiger partial charge < -0.3 is 0 Å². The van der Waals surface area contributed by atoms with Crippen molar-refractivity contribution >= 4 is 35.6 Å². The van der Waals surface area contributed by atoms with Gasteiger partial charge in [-0.3, -0.25) is 0 Å². The van der Waals surface area contributed by atoms with E-state index >= 15 is 0 Å². The molecule has 1 aromatic heterocycles. The van der Waals surface area contributed by atoms with Crippen LogP contribution in [0.1, 0.15) is 0 Å². The van der Waals surface area contributed by atoms with E-state index in [1.165, 1.54) is 6.33 Å². The van der Waals surface area contributed by atoms with Crippen molar-refractivity contribution in [3.63, 3.8) is 0 Å². The van der Waals surface area contributed by atoms with E-state index in [4.69, 9.17) is 23.2 Å². The van der Waals surface area contributed by atoms with Gasteiger partial charge in [0.15, 0.2) is 0 Å². The molecule has 50 valence electrons. The van der Waals surface area contributed by atoms with E-state index in [9.17, 15) is 0 Å². The summed E-state index contributed by atoms with van der Waals surface area (Å²) in [6, 6.07) is 0. The third-order valence-corrected chi connectivity index (χ3v) is 0.877. The highest BCUT2D eigenvalue weighted by molar-refractivity contribution is 6.30. The fourth-order valence-corrected chi connectivity index (χ4v) is 0.549. The summed E-state index contributed by atoms with van der Waals surface area (Å²) < 4.78 is 0. The van der Waals surface area contributed by atoms with Crippen LogP contribution in [-0.2, 0) is 0 Å². The summed E-state index contributed by atoms with van der Waals surface area (Å²) >= 11 is 10.6. The summed E-state index contributed by atoms with van der Waals surface area (Å²) in [5.41, 5.74) is 0. The quantitative estimate of drug-likeness (QED) is 0.618. The smallest absolute Gasteiger partial charge is 0.206 e. The van der Waals surface area contributed by atoms with Crippen molar-refractivity contribution in [3.05, 3.63) is 16.9 Å². The molecule has 3 nitrogen and oxygen atoms in total. The van der Waals surface area contributed by atoms with E-state index in [1.54, 1.807) is 0 Å². The van der Waals surface area contributed by atoms with Crippen LogP contribution in [-0.4, -0.2) is 15.0 Å². The molecule has 0 amide bonds. The lowest BCUT2D eigenvalue weighted by Crippen LogP contribution is -1.83. The van der Waals surface area contributed by atoms with E-state index in [2.05, 4.69) is 15.0 Å². The molecular weight excluding hydrogens is 184 g/mol. The molecule has 0 radical (unpaired) electrons. The molecule has 0 aromatic carbocycles. The molecule has 0 saturated carbocycles. The zero-order chi connectivity index (χ0) is 5.98. The lowest BCUT2D eigenvalue weighted by molar-refractivity contribution is 1.05. The average molecular weight is 186 g/mol. The highest BCUT2D eigenvalue weighted by atomic mass is 35.5. The van der Waals surface area contributed by atoms with Gasteiger partial charge in [-0.05, 0) is 23.2 Å². The summed E-state index contributed by atoms with van der Waals surface area (Å²) in [5.74, 6) is 0. The lowest BCUT2D eigenvalue weighted by Gasteiger charge is -1.84. The third-order valence-electron chi connectivity index (χ3n) is 0.513. The van der Waals surface area contributed by atoms with Crippen LogP contribution < -0.4 is 0 Å². The highest BCUT2D eigenvalue weighted by Crippen LogP contribution is 2.00. The van der Waals surface area contributed by atoms with Crippen molar-refractivity contribution < 1.29 is 0 Å². The molecule has 0 bridgehead atoms. The second-order valence-corrected chi connectivity index (χ2v) is 1.70. The van der Waals surface area contributed by atoms with Crippen LogP contribution in [0.25, 0.3) is 0 Å². The Bertz CT molecular complexity index is 174. The first-order valence-electron chi connectivity index (χ1n) is 1.79. The van der Waals surface area contributed by atoms with Gasteiger partial charge in [-0.2, -0.15) is 4.98 Å². The predicted octanol–water partition coefficient (Wildman–Crippen LogP) is 1.60. The third kappa shape index (κ3) is 2.79.